The molecule has 1 saturated heterocycles. The second-order valence-corrected chi connectivity index (χ2v) is 9.73. The second-order valence-electron chi connectivity index (χ2n) is 7.95. The summed E-state index contributed by atoms with van der Waals surface area (Å²) >= 11 is 0. The van der Waals surface area contributed by atoms with Crippen LogP contribution in [-0.2, 0) is 21.2 Å². The van der Waals surface area contributed by atoms with Gasteiger partial charge in [-0.25, -0.2) is 17.5 Å². The van der Waals surface area contributed by atoms with Crippen molar-refractivity contribution in [3.63, 3.8) is 0 Å². The van der Waals surface area contributed by atoms with Crippen molar-refractivity contribution in [1.82, 2.24) is 9.62 Å². The predicted molar refractivity (Wildman–Crippen MR) is 112 cm³/mol. The number of sulfonamides is 1. The fraction of sp³-hybridized carbons (Fsp3) is 0.409. The Kier molecular flexibility index (Phi) is 6.39. The first kappa shape index (κ1) is 21.5. The molecule has 1 amide bonds. The number of hydrogen-bond donors (Lipinski definition) is 1. The summed E-state index contributed by atoms with van der Waals surface area (Å²) in [5, 5.41) is 0. The molecule has 2 aromatic rings. The minimum Gasteiger partial charge on any atom is -0.337 e. The van der Waals surface area contributed by atoms with Crippen LogP contribution in [-0.4, -0.2) is 44.1 Å². The monoisotopic (exact) mass is 418 g/mol. The summed E-state index contributed by atoms with van der Waals surface area (Å²) in [6.07, 6.45) is 2.25. The van der Waals surface area contributed by atoms with Crippen LogP contribution in [0, 0.1) is 11.7 Å². The van der Waals surface area contributed by atoms with Gasteiger partial charge in [-0.3, -0.25) is 4.79 Å². The highest BCUT2D eigenvalue weighted by Crippen LogP contribution is 2.27. The number of rotatable bonds is 6. The zero-order valence-corrected chi connectivity index (χ0v) is 17.7. The Morgan fingerprint density at radius 3 is 2.45 bits per heavy atom. The fourth-order valence-electron chi connectivity index (χ4n) is 3.91. The molecule has 7 heteroatoms. The molecule has 0 spiro atoms. The Hall–Kier alpha value is -2.25. The van der Waals surface area contributed by atoms with E-state index in [1.54, 1.807) is 11.0 Å². The van der Waals surface area contributed by atoms with E-state index in [0.717, 1.165) is 22.9 Å². The van der Waals surface area contributed by atoms with Crippen LogP contribution in [0.2, 0.25) is 0 Å². The standard InChI is InChI=1S/C22H27FN2O3S/c1-15(2)22(26)25-11-10-20(24-29(3,27)28)21(25)13-16-6-4-7-17(12-16)18-8-5-9-19(23)14-18/h4-9,12,14-15,20-21,24H,10-11,13H2,1-3H3/t20-,21-/m1/s1. The van der Waals surface area contributed by atoms with Crippen LogP contribution in [0.3, 0.4) is 0 Å². The number of hydrogen-bond acceptors (Lipinski definition) is 3. The molecule has 0 unspecified atom stereocenters. The van der Waals surface area contributed by atoms with Gasteiger partial charge in [0, 0.05) is 18.5 Å². The van der Waals surface area contributed by atoms with Crippen molar-refractivity contribution in [2.45, 2.75) is 38.8 Å². The van der Waals surface area contributed by atoms with Crippen LogP contribution in [0.5, 0.6) is 0 Å². The molecule has 3 rings (SSSR count). The van der Waals surface area contributed by atoms with Crippen LogP contribution in [0.1, 0.15) is 25.8 Å². The SMILES string of the molecule is CC(C)C(=O)N1CC[C@@H](NS(C)(=O)=O)[C@H]1Cc1cccc(-c2cccc(F)c2)c1. The third kappa shape index (κ3) is 5.42. The number of carbonyl (C=O) groups excluding carboxylic acids is 1. The lowest BCUT2D eigenvalue weighted by Gasteiger charge is -2.30. The van der Waals surface area contributed by atoms with Crippen LogP contribution in [0.25, 0.3) is 11.1 Å². The number of nitrogens with one attached hydrogen (secondary N) is 1. The van der Waals surface area contributed by atoms with Crippen molar-refractivity contribution < 1.29 is 17.6 Å². The van der Waals surface area contributed by atoms with Gasteiger partial charge in [0.25, 0.3) is 0 Å². The molecule has 0 radical (unpaired) electrons. The van der Waals surface area contributed by atoms with E-state index in [4.69, 9.17) is 0 Å². The number of nitrogens with zero attached hydrogens (tertiary/aromatic N) is 1. The summed E-state index contributed by atoms with van der Waals surface area (Å²) < 4.78 is 39.9. The average Bonchev–Trinajstić information content (AvgIpc) is 3.01. The Balaban J connectivity index is 1.89. The Labute approximate surface area is 172 Å². The summed E-state index contributed by atoms with van der Waals surface area (Å²) in [6.45, 7) is 4.22. The van der Waals surface area contributed by atoms with E-state index in [0.29, 0.717) is 19.4 Å². The molecule has 1 fully saturated rings. The Bertz CT molecular complexity index is 991. The first-order valence-electron chi connectivity index (χ1n) is 9.77. The van der Waals surface area contributed by atoms with E-state index < -0.39 is 10.0 Å². The topological polar surface area (TPSA) is 66.5 Å². The quantitative estimate of drug-likeness (QED) is 0.783. The highest BCUT2D eigenvalue weighted by molar-refractivity contribution is 7.88. The van der Waals surface area contributed by atoms with Crippen molar-refractivity contribution in [2.24, 2.45) is 5.92 Å². The van der Waals surface area contributed by atoms with Gasteiger partial charge in [-0.2, -0.15) is 0 Å². The van der Waals surface area contributed by atoms with E-state index in [2.05, 4.69) is 4.72 Å². The lowest BCUT2D eigenvalue weighted by atomic mass is 9.96. The molecule has 5 nitrogen and oxygen atoms in total. The van der Waals surface area contributed by atoms with Crippen LogP contribution >= 0.6 is 0 Å². The molecule has 2 atom stereocenters. The summed E-state index contributed by atoms with van der Waals surface area (Å²) in [6, 6.07) is 13.6. The molecule has 0 saturated carbocycles. The van der Waals surface area contributed by atoms with Crippen molar-refractivity contribution >= 4 is 15.9 Å². The number of halogens is 1. The Morgan fingerprint density at radius 2 is 1.83 bits per heavy atom. The zero-order valence-electron chi connectivity index (χ0n) is 16.9. The molecule has 0 bridgehead atoms. The summed E-state index contributed by atoms with van der Waals surface area (Å²) in [5.41, 5.74) is 2.63. The Morgan fingerprint density at radius 1 is 1.17 bits per heavy atom. The van der Waals surface area contributed by atoms with E-state index in [9.17, 15) is 17.6 Å². The molecular weight excluding hydrogens is 391 g/mol. The van der Waals surface area contributed by atoms with Crippen molar-refractivity contribution in [1.29, 1.82) is 0 Å². The molecule has 1 heterocycles. The zero-order chi connectivity index (χ0) is 21.2. The van der Waals surface area contributed by atoms with Crippen molar-refractivity contribution in [3.05, 3.63) is 59.9 Å². The highest BCUT2D eigenvalue weighted by Gasteiger charge is 2.38. The van der Waals surface area contributed by atoms with E-state index in [-0.39, 0.29) is 29.7 Å². The third-order valence-electron chi connectivity index (χ3n) is 5.22. The van der Waals surface area contributed by atoms with Gasteiger partial charge in [0.05, 0.1) is 12.3 Å². The number of amides is 1. The predicted octanol–water partition coefficient (Wildman–Crippen LogP) is 3.21. The lowest BCUT2D eigenvalue weighted by molar-refractivity contribution is -0.135. The van der Waals surface area contributed by atoms with Crippen molar-refractivity contribution in [2.75, 3.05) is 12.8 Å². The third-order valence-corrected chi connectivity index (χ3v) is 5.95. The minimum absolute atomic E-state index is 0.0223. The second kappa shape index (κ2) is 8.63. The molecule has 156 valence electrons. The molecule has 2 aromatic carbocycles. The van der Waals surface area contributed by atoms with E-state index >= 15 is 0 Å². The average molecular weight is 419 g/mol. The highest BCUT2D eigenvalue weighted by atomic mass is 32.2. The molecule has 1 aliphatic rings. The maximum Gasteiger partial charge on any atom is 0.225 e. The van der Waals surface area contributed by atoms with E-state index in [1.807, 2.05) is 44.2 Å². The maximum atomic E-state index is 13.6. The van der Waals surface area contributed by atoms with Crippen LogP contribution < -0.4 is 4.72 Å². The van der Waals surface area contributed by atoms with Gasteiger partial charge in [-0.05, 0) is 41.7 Å². The number of benzene rings is 2. The largest absolute Gasteiger partial charge is 0.337 e. The van der Waals surface area contributed by atoms with Gasteiger partial charge >= 0.3 is 0 Å². The number of carbonyl (C=O) groups is 1. The molecule has 0 aromatic heterocycles. The summed E-state index contributed by atoms with van der Waals surface area (Å²) in [5.74, 6) is -0.433. The first-order valence-corrected chi connectivity index (χ1v) is 11.7. The van der Waals surface area contributed by atoms with E-state index in [1.165, 1.54) is 12.1 Å². The van der Waals surface area contributed by atoms with Gasteiger partial charge in [0.15, 0.2) is 0 Å². The van der Waals surface area contributed by atoms with Gasteiger partial charge in [0.2, 0.25) is 15.9 Å². The van der Waals surface area contributed by atoms with Crippen molar-refractivity contribution in [3.8, 4) is 11.1 Å². The molecular formula is C22H27FN2O3S. The minimum atomic E-state index is -3.39. The summed E-state index contributed by atoms with van der Waals surface area (Å²) in [4.78, 5) is 14.5. The molecule has 29 heavy (non-hydrogen) atoms. The molecule has 1 N–H and O–H groups in total. The normalized spacial score (nSPS) is 19.7. The first-order chi connectivity index (χ1) is 13.6. The lowest BCUT2D eigenvalue weighted by Crippen LogP contribution is -2.48. The smallest absolute Gasteiger partial charge is 0.225 e. The maximum absolute atomic E-state index is 13.6. The van der Waals surface area contributed by atoms with Gasteiger partial charge in [-0.1, -0.05) is 50.2 Å². The molecule has 0 aliphatic carbocycles. The fourth-order valence-corrected chi connectivity index (χ4v) is 4.74. The summed E-state index contributed by atoms with van der Waals surface area (Å²) in [7, 11) is -3.39. The van der Waals surface area contributed by atoms with Gasteiger partial charge in [-0.15, -0.1) is 0 Å². The molecule has 1 aliphatic heterocycles. The van der Waals surface area contributed by atoms with Gasteiger partial charge < -0.3 is 4.90 Å². The van der Waals surface area contributed by atoms with Gasteiger partial charge in [0.1, 0.15) is 5.82 Å². The van der Waals surface area contributed by atoms with Crippen LogP contribution in [0.4, 0.5) is 4.39 Å². The van der Waals surface area contributed by atoms with Crippen LogP contribution in [0.15, 0.2) is 48.5 Å². The number of likely N-dealkylation sites (tertiary alicyclic amines) is 1.